The molecule has 4 rings (SSSR count). The molecule has 1 amide bonds. The van der Waals surface area contributed by atoms with E-state index in [1.165, 1.54) is 23.1 Å². The number of nitro benzene ring substituents is 1. The van der Waals surface area contributed by atoms with E-state index in [0.29, 0.717) is 24.1 Å². The van der Waals surface area contributed by atoms with E-state index in [-0.39, 0.29) is 42.3 Å². The molecule has 0 bridgehead atoms. The molecule has 0 aromatic heterocycles. The van der Waals surface area contributed by atoms with Gasteiger partial charge < -0.3 is 5.73 Å². The number of amidine groups is 1. The zero-order valence-electron chi connectivity index (χ0n) is 19.5. The average molecular weight is 542 g/mol. The predicted molar refractivity (Wildman–Crippen MR) is 143 cm³/mol. The Morgan fingerprint density at radius 3 is 2.49 bits per heavy atom. The first-order valence-corrected chi connectivity index (χ1v) is 12.2. The van der Waals surface area contributed by atoms with Gasteiger partial charge in [-0.15, -0.1) is 16.8 Å². The number of hydrogen-bond donors (Lipinski definition) is 2. The van der Waals surface area contributed by atoms with Crippen molar-refractivity contribution in [3.63, 3.8) is 0 Å². The van der Waals surface area contributed by atoms with Crippen molar-refractivity contribution in [3.05, 3.63) is 93.5 Å². The molecule has 10 nitrogen and oxygen atoms in total. The van der Waals surface area contributed by atoms with E-state index in [1.54, 1.807) is 6.07 Å². The van der Waals surface area contributed by atoms with Gasteiger partial charge in [0, 0.05) is 29.3 Å². The summed E-state index contributed by atoms with van der Waals surface area (Å²) in [5.74, 6) is -0.692. The van der Waals surface area contributed by atoms with Gasteiger partial charge in [0.05, 0.1) is 4.92 Å². The summed E-state index contributed by atoms with van der Waals surface area (Å²) in [6, 6.07) is 19.6. The molecule has 0 radical (unpaired) electrons. The van der Waals surface area contributed by atoms with Crippen molar-refractivity contribution >= 4 is 46.0 Å². The second-order valence-electron chi connectivity index (χ2n) is 8.33. The number of fused-ring (bicyclic) bond motifs is 1. The monoisotopic (exact) mass is 541 g/mol. The lowest BCUT2D eigenvalue weighted by Crippen LogP contribution is -2.43. The van der Waals surface area contributed by atoms with E-state index < -0.39 is 27.5 Å². The first-order valence-electron chi connectivity index (χ1n) is 11.2. The quantitative estimate of drug-likeness (QED) is 0.196. The van der Waals surface area contributed by atoms with Gasteiger partial charge in [-0.2, -0.15) is 8.42 Å². The van der Waals surface area contributed by atoms with Gasteiger partial charge in [0.15, 0.2) is 0 Å². The van der Waals surface area contributed by atoms with E-state index in [4.69, 9.17) is 11.1 Å². The maximum absolute atomic E-state index is 13.4. The minimum absolute atomic E-state index is 0. The Hall–Kier alpha value is -4.09. The number of rotatable bonds is 7. The second kappa shape index (κ2) is 11.8. The summed E-state index contributed by atoms with van der Waals surface area (Å²) >= 11 is 0. The van der Waals surface area contributed by atoms with Crippen molar-refractivity contribution in [1.29, 1.82) is 5.41 Å². The van der Waals surface area contributed by atoms with Crippen LogP contribution in [0.15, 0.2) is 71.1 Å². The number of nitrogens with one attached hydrogen (secondary N) is 1. The molecule has 0 saturated heterocycles. The van der Waals surface area contributed by atoms with Crippen LogP contribution in [0, 0.1) is 15.5 Å². The zero-order chi connectivity index (χ0) is 25.8. The van der Waals surface area contributed by atoms with Gasteiger partial charge in [-0.25, -0.2) is 0 Å². The fourth-order valence-corrected chi connectivity index (χ4v) is 4.78. The molecular formula is C25H24ClN5O5S. The van der Waals surface area contributed by atoms with Crippen molar-refractivity contribution in [1.82, 2.24) is 0 Å². The van der Waals surface area contributed by atoms with E-state index in [9.17, 15) is 23.3 Å². The Morgan fingerprint density at radius 1 is 1.11 bits per heavy atom. The van der Waals surface area contributed by atoms with Crippen LogP contribution in [-0.2, 0) is 28.1 Å². The van der Waals surface area contributed by atoms with Gasteiger partial charge >= 0.3 is 10.5 Å². The maximum atomic E-state index is 13.4. The highest BCUT2D eigenvalue weighted by atomic mass is 35.5. The number of nitro groups is 1. The van der Waals surface area contributed by atoms with Gasteiger partial charge in [-0.05, 0) is 48.1 Å². The lowest BCUT2D eigenvalue weighted by atomic mass is 9.94. The fraction of sp³-hybridized carbons (Fsp3) is 0.200. The molecule has 1 unspecified atom stereocenters. The number of benzene rings is 3. The molecule has 0 aliphatic carbocycles. The molecule has 0 saturated carbocycles. The SMILES string of the molecule is Cl.N=C(N)c1ccc(CCC(=O)N2c3ccc(-c4ccccc4)cc3CCC2N=S(=O)=O)c([N+](=O)[O-])c1. The number of nitrogen functional groups attached to an aromatic ring is 1. The van der Waals surface area contributed by atoms with Crippen LogP contribution in [0.2, 0.25) is 0 Å². The smallest absolute Gasteiger partial charge is 0.313 e. The van der Waals surface area contributed by atoms with Crippen LogP contribution in [0.5, 0.6) is 0 Å². The second-order valence-corrected chi connectivity index (χ2v) is 8.97. The number of anilines is 1. The van der Waals surface area contributed by atoms with Crippen molar-refractivity contribution in [3.8, 4) is 11.1 Å². The summed E-state index contributed by atoms with van der Waals surface area (Å²) in [7, 11) is -2.71. The van der Waals surface area contributed by atoms with Crippen LogP contribution in [0.3, 0.4) is 0 Å². The molecule has 0 fully saturated rings. The normalized spacial score (nSPS) is 14.2. The Labute approximate surface area is 220 Å². The zero-order valence-corrected chi connectivity index (χ0v) is 21.2. The number of carbonyl (C=O) groups is 1. The molecule has 3 aromatic carbocycles. The highest BCUT2D eigenvalue weighted by Gasteiger charge is 2.32. The topological polar surface area (TPSA) is 160 Å². The van der Waals surface area contributed by atoms with Crippen LogP contribution in [0.1, 0.15) is 29.5 Å². The summed E-state index contributed by atoms with van der Waals surface area (Å²) in [5, 5.41) is 19.0. The molecular weight excluding hydrogens is 518 g/mol. The first kappa shape index (κ1) is 27.5. The minimum Gasteiger partial charge on any atom is -0.384 e. The van der Waals surface area contributed by atoms with E-state index in [2.05, 4.69) is 4.36 Å². The van der Waals surface area contributed by atoms with E-state index in [1.807, 2.05) is 42.5 Å². The van der Waals surface area contributed by atoms with Crippen molar-refractivity contribution < 1.29 is 18.1 Å². The largest absolute Gasteiger partial charge is 0.384 e. The van der Waals surface area contributed by atoms with Crippen molar-refractivity contribution in [2.24, 2.45) is 10.1 Å². The fourth-order valence-electron chi connectivity index (χ4n) is 4.38. The van der Waals surface area contributed by atoms with Gasteiger partial charge in [0.25, 0.3) is 5.69 Å². The number of amides is 1. The molecule has 1 atom stereocenters. The molecule has 3 N–H and O–H groups in total. The molecule has 1 heterocycles. The van der Waals surface area contributed by atoms with Crippen LogP contribution in [0.4, 0.5) is 11.4 Å². The molecule has 192 valence electrons. The van der Waals surface area contributed by atoms with Crippen LogP contribution in [-0.4, -0.2) is 31.2 Å². The highest BCUT2D eigenvalue weighted by Crippen LogP contribution is 2.35. The van der Waals surface area contributed by atoms with Gasteiger partial charge in [0.1, 0.15) is 12.0 Å². The first-order chi connectivity index (χ1) is 17.2. The number of nitrogens with zero attached hydrogens (tertiary/aromatic N) is 3. The molecule has 1 aliphatic rings. The van der Waals surface area contributed by atoms with Crippen molar-refractivity contribution in [2.75, 3.05) is 4.90 Å². The Bertz CT molecular complexity index is 1490. The molecule has 12 heteroatoms. The van der Waals surface area contributed by atoms with Crippen LogP contribution < -0.4 is 10.6 Å². The molecule has 3 aromatic rings. The highest BCUT2D eigenvalue weighted by molar-refractivity contribution is 7.61. The summed E-state index contributed by atoms with van der Waals surface area (Å²) in [6.45, 7) is 0. The van der Waals surface area contributed by atoms with Gasteiger partial charge in [0.2, 0.25) is 5.91 Å². The van der Waals surface area contributed by atoms with E-state index in [0.717, 1.165) is 16.7 Å². The number of hydrogen-bond acceptors (Lipinski definition) is 7. The lowest BCUT2D eigenvalue weighted by molar-refractivity contribution is -0.385. The number of aryl methyl sites for hydroxylation is 2. The van der Waals surface area contributed by atoms with E-state index >= 15 is 0 Å². The third kappa shape index (κ3) is 6.19. The minimum atomic E-state index is -2.71. The Kier molecular flexibility index (Phi) is 8.74. The maximum Gasteiger partial charge on any atom is 0.313 e. The van der Waals surface area contributed by atoms with Gasteiger partial charge in [-0.3, -0.25) is 25.2 Å². The van der Waals surface area contributed by atoms with Crippen LogP contribution >= 0.6 is 12.4 Å². The number of nitrogens with two attached hydrogens (primary N) is 1. The average Bonchev–Trinajstić information content (AvgIpc) is 2.86. The molecule has 0 spiro atoms. The Morgan fingerprint density at radius 2 is 1.84 bits per heavy atom. The third-order valence-electron chi connectivity index (χ3n) is 6.09. The number of halogens is 1. The van der Waals surface area contributed by atoms with Crippen LogP contribution in [0.25, 0.3) is 11.1 Å². The summed E-state index contributed by atoms with van der Waals surface area (Å²) < 4.78 is 26.5. The van der Waals surface area contributed by atoms with Crippen molar-refractivity contribution in [2.45, 2.75) is 31.8 Å². The number of carbonyl (C=O) groups excluding carboxylic acids is 1. The predicted octanol–water partition coefficient (Wildman–Crippen LogP) is 4.27. The summed E-state index contributed by atoms with van der Waals surface area (Å²) in [4.78, 5) is 25.7. The summed E-state index contributed by atoms with van der Waals surface area (Å²) in [5.41, 5.74) is 9.20. The summed E-state index contributed by atoms with van der Waals surface area (Å²) in [6.07, 6.45) is -0.0609. The van der Waals surface area contributed by atoms with Gasteiger partial charge in [-0.1, -0.05) is 48.5 Å². The standard InChI is InChI=1S/C25H23N5O5S.ClH/c26-25(27)20-7-6-17(22(15-20)30(32)33)10-13-24(31)29-21-11-8-18(16-4-2-1-3-5-16)14-19(21)9-12-23(29)28-36(34)35;/h1-8,11,14-15,23H,9-10,12-13H2,(H3,26,27);1H. The molecule has 1 aliphatic heterocycles. The third-order valence-corrected chi connectivity index (χ3v) is 6.51. The molecule has 37 heavy (non-hydrogen) atoms. The lowest BCUT2D eigenvalue weighted by Gasteiger charge is -2.34. The Balaban J connectivity index is 0.00000380.